The van der Waals surface area contributed by atoms with Crippen LogP contribution < -0.4 is 10.1 Å². The molecule has 3 rings (SSSR count). The first-order chi connectivity index (χ1) is 13.0. The lowest BCUT2D eigenvalue weighted by Gasteiger charge is -2.12. The molecule has 0 aliphatic carbocycles. The van der Waals surface area contributed by atoms with E-state index in [1.54, 1.807) is 12.3 Å². The quantitative estimate of drug-likeness (QED) is 0.702. The van der Waals surface area contributed by atoms with E-state index in [0.717, 1.165) is 23.4 Å². The number of hydrogen-bond donors (Lipinski definition) is 1. The Balaban J connectivity index is 1.71. The lowest BCUT2D eigenvalue weighted by Crippen LogP contribution is -2.15. The molecule has 1 heterocycles. The van der Waals surface area contributed by atoms with Crippen LogP contribution in [0.4, 0.5) is 5.69 Å². The van der Waals surface area contributed by atoms with Crippen LogP contribution in [-0.4, -0.2) is 29.9 Å². The van der Waals surface area contributed by atoms with Crippen LogP contribution in [0.25, 0.3) is 0 Å². The number of nitrogens with one attached hydrogen (secondary N) is 1. The van der Waals surface area contributed by atoms with Crippen LogP contribution in [0.15, 0.2) is 66.9 Å². The van der Waals surface area contributed by atoms with Crippen molar-refractivity contribution < 1.29 is 9.53 Å². The number of para-hydroxylation sites is 1. The Bertz CT molecular complexity index is 907. The topological polar surface area (TPSA) is 54.5 Å². The van der Waals surface area contributed by atoms with E-state index < -0.39 is 0 Å². The van der Waals surface area contributed by atoms with Crippen molar-refractivity contribution in [3.05, 3.63) is 83.7 Å². The molecule has 1 aromatic heterocycles. The third-order valence-corrected chi connectivity index (χ3v) is 3.97. The molecule has 27 heavy (non-hydrogen) atoms. The fourth-order valence-electron chi connectivity index (χ4n) is 2.62. The van der Waals surface area contributed by atoms with Gasteiger partial charge in [0, 0.05) is 24.5 Å². The maximum absolute atomic E-state index is 12.5. The summed E-state index contributed by atoms with van der Waals surface area (Å²) in [6.45, 7) is 2.75. The van der Waals surface area contributed by atoms with E-state index in [4.69, 9.17) is 4.74 Å². The number of aromatic nitrogens is 1. The molecule has 0 atom stereocenters. The first-order valence-corrected chi connectivity index (χ1v) is 8.76. The predicted octanol–water partition coefficient (Wildman–Crippen LogP) is 4.50. The average Bonchev–Trinajstić information content (AvgIpc) is 2.65. The molecule has 5 nitrogen and oxygen atoms in total. The number of pyridine rings is 1. The zero-order valence-corrected chi connectivity index (χ0v) is 15.8. The van der Waals surface area contributed by atoms with Gasteiger partial charge in [-0.3, -0.25) is 9.78 Å². The summed E-state index contributed by atoms with van der Waals surface area (Å²) in [4.78, 5) is 18.8. The van der Waals surface area contributed by atoms with Crippen molar-refractivity contribution in [2.45, 2.75) is 13.5 Å². The largest absolute Gasteiger partial charge is 0.457 e. The highest BCUT2D eigenvalue weighted by Crippen LogP contribution is 2.28. The van der Waals surface area contributed by atoms with Gasteiger partial charge in [-0.15, -0.1) is 0 Å². The van der Waals surface area contributed by atoms with Crippen molar-refractivity contribution in [3.63, 3.8) is 0 Å². The molecule has 0 bridgehead atoms. The summed E-state index contributed by atoms with van der Waals surface area (Å²) >= 11 is 0. The molecule has 0 radical (unpaired) electrons. The van der Waals surface area contributed by atoms with Gasteiger partial charge in [-0.1, -0.05) is 30.3 Å². The Morgan fingerprint density at radius 3 is 2.52 bits per heavy atom. The number of hydrogen-bond acceptors (Lipinski definition) is 4. The molecule has 3 aromatic rings. The van der Waals surface area contributed by atoms with Gasteiger partial charge in [-0.05, 0) is 56.4 Å². The molecule has 0 spiro atoms. The molecule has 2 aromatic carbocycles. The minimum absolute atomic E-state index is 0.249. The van der Waals surface area contributed by atoms with E-state index in [-0.39, 0.29) is 5.91 Å². The van der Waals surface area contributed by atoms with Crippen molar-refractivity contribution in [2.24, 2.45) is 0 Å². The maximum atomic E-state index is 12.5. The number of carbonyl (C=O) groups is 1. The summed E-state index contributed by atoms with van der Waals surface area (Å²) < 4.78 is 5.92. The second kappa shape index (κ2) is 8.47. The number of aryl methyl sites for hydroxylation is 1. The summed E-state index contributed by atoms with van der Waals surface area (Å²) in [6, 6.07) is 18.8. The SMILES string of the molecule is Cc1ccc(NC(=O)c2ccc(CN(C)C)cn2)cc1Oc1ccccc1. The Hall–Kier alpha value is -3.18. The van der Waals surface area contributed by atoms with E-state index in [2.05, 4.69) is 15.2 Å². The van der Waals surface area contributed by atoms with Crippen LogP contribution in [0.2, 0.25) is 0 Å². The second-order valence-electron chi connectivity index (χ2n) is 6.64. The van der Waals surface area contributed by atoms with Crippen LogP contribution in [-0.2, 0) is 6.54 Å². The van der Waals surface area contributed by atoms with Crippen LogP contribution in [0.5, 0.6) is 11.5 Å². The first kappa shape index (κ1) is 18.6. The minimum atomic E-state index is -0.249. The summed E-state index contributed by atoms with van der Waals surface area (Å²) in [7, 11) is 3.99. The van der Waals surface area contributed by atoms with Crippen molar-refractivity contribution in [1.29, 1.82) is 0 Å². The molecule has 0 aliphatic heterocycles. The van der Waals surface area contributed by atoms with Crippen LogP contribution >= 0.6 is 0 Å². The lowest BCUT2D eigenvalue weighted by atomic mass is 10.2. The highest BCUT2D eigenvalue weighted by atomic mass is 16.5. The average molecular weight is 361 g/mol. The van der Waals surface area contributed by atoms with Crippen LogP contribution in [0.1, 0.15) is 21.6 Å². The van der Waals surface area contributed by atoms with Gasteiger partial charge in [0.1, 0.15) is 17.2 Å². The lowest BCUT2D eigenvalue weighted by molar-refractivity contribution is 0.102. The standard InChI is InChI=1S/C22H23N3O2/c1-16-9-11-18(13-21(16)27-19-7-5-4-6-8-19)24-22(26)20-12-10-17(14-23-20)15-25(2)3/h4-14H,15H2,1-3H3,(H,24,26). The Kier molecular flexibility index (Phi) is 5.84. The molecule has 138 valence electrons. The first-order valence-electron chi connectivity index (χ1n) is 8.76. The minimum Gasteiger partial charge on any atom is -0.457 e. The van der Waals surface area contributed by atoms with Gasteiger partial charge in [-0.2, -0.15) is 0 Å². The van der Waals surface area contributed by atoms with E-state index in [1.807, 2.05) is 75.6 Å². The number of amides is 1. The zero-order chi connectivity index (χ0) is 19.2. The Morgan fingerprint density at radius 2 is 1.85 bits per heavy atom. The van der Waals surface area contributed by atoms with Crippen molar-refractivity contribution >= 4 is 11.6 Å². The van der Waals surface area contributed by atoms with Crippen molar-refractivity contribution in [2.75, 3.05) is 19.4 Å². The van der Waals surface area contributed by atoms with Crippen LogP contribution in [0, 0.1) is 6.92 Å². The predicted molar refractivity (Wildman–Crippen MR) is 107 cm³/mol. The highest BCUT2D eigenvalue weighted by molar-refractivity contribution is 6.02. The number of ether oxygens (including phenoxy) is 1. The highest BCUT2D eigenvalue weighted by Gasteiger charge is 2.10. The third kappa shape index (κ3) is 5.15. The van der Waals surface area contributed by atoms with Gasteiger partial charge in [-0.25, -0.2) is 0 Å². The molecule has 0 fully saturated rings. The van der Waals surface area contributed by atoms with Gasteiger partial charge in [0.2, 0.25) is 0 Å². The normalized spacial score (nSPS) is 10.7. The van der Waals surface area contributed by atoms with E-state index in [1.165, 1.54) is 0 Å². The van der Waals surface area contributed by atoms with Gasteiger partial charge in [0.15, 0.2) is 0 Å². The van der Waals surface area contributed by atoms with Crippen molar-refractivity contribution in [1.82, 2.24) is 9.88 Å². The fraction of sp³-hybridized carbons (Fsp3) is 0.182. The van der Waals surface area contributed by atoms with Gasteiger partial charge in [0.05, 0.1) is 0 Å². The molecule has 0 saturated heterocycles. The number of anilines is 1. The third-order valence-electron chi connectivity index (χ3n) is 3.97. The van der Waals surface area contributed by atoms with Crippen molar-refractivity contribution in [3.8, 4) is 11.5 Å². The fourth-order valence-corrected chi connectivity index (χ4v) is 2.62. The van der Waals surface area contributed by atoms with E-state index in [0.29, 0.717) is 17.1 Å². The van der Waals surface area contributed by atoms with Gasteiger partial charge < -0.3 is 15.0 Å². The molecular weight excluding hydrogens is 338 g/mol. The number of nitrogens with zero attached hydrogens (tertiary/aromatic N) is 2. The molecule has 1 amide bonds. The number of benzene rings is 2. The molecule has 0 unspecified atom stereocenters. The summed E-state index contributed by atoms with van der Waals surface area (Å²) in [5, 5.41) is 2.88. The summed E-state index contributed by atoms with van der Waals surface area (Å²) in [6.07, 6.45) is 1.73. The molecule has 0 saturated carbocycles. The number of rotatable bonds is 6. The summed E-state index contributed by atoms with van der Waals surface area (Å²) in [5.41, 5.74) is 3.09. The smallest absolute Gasteiger partial charge is 0.274 e. The zero-order valence-electron chi connectivity index (χ0n) is 15.8. The Morgan fingerprint density at radius 1 is 1.07 bits per heavy atom. The molecular formula is C22H23N3O2. The van der Waals surface area contributed by atoms with E-state index in [9.17, 15) is 4.79 Å². The molecule has 0 aliphatic rings. The monoisotopic (exact) mass is 361 g/mol. The van der Waals surface area contributed by atoms with Crippen LogP contribution in [0.3, 0.4) is 0 Å². The maximum Gasteiger partial charge on any atom is 0.274 e. The Labute approximate surface area is 159 Å². The number of carbonyl (C=O) groups excluding carboxylic acids is 1. The molecule has 5 heteroatoms. The second-order valence-corrected chi connectivity index (χ2v) is 6.64. The summed E-state index contributed by atoms with van der Waals surface area (Å²) in [5.74, 6) is 1.21. The van der Waals surface area contributed by atoms with Gasteiger partial charge >= 0.3 is 0 Å². The van der Waals surface area contributed by atoms with Gasteiger partial charge in [0.25, 0.3) is 5.91 Å². The van der Waals surface area contributed by atoms with E-state index >= 15 is 0 Å². The molecule has 1 N–H and O–H groups in total.